The SMILES string of the molecule is CN(CC(F)(F)F)C(=O)N1CCN(C2CC(n3cc(-c4ncnc5[nH]ccc45)cn3)C2C=CC#N)CC1. The van der Waals surface area contributed by atoms with E-state index in [4.69, 9.17) is 5.26 Å². The molecule has 3 unspecified atom stereocenters. The maximum absolute atomic E-state index is 12.7. The first-order valence-corrected chi connectivity index (χ1v) is 11.9. The first kappa shape index (κ1) is 24.8. The summed E-state index contributed by atoms with van der Waals surface area (Å²) in [5.41, 5.74) is 2.40. The van der Waals surface area contributed by atoms with Crippen molar-refractivity contribution in [2.24, 2.45) is 5.92 Å². The van der Waals surface area contributed by atoms with Gasteiger partial charge >= 0.3 is 12.2 Å². The van der Waals surface area contributed by atoms with Crippen molar-refractivity contribution in [2.75, 3.05) is 39.8 Å². The van der Waals surface area contributed by atoms with Gasteiger partial charge in [-0.1, -0.05) is 6.08 Å². The second kappa shape index (κ2) is 9.85. The Bertz CT molecular complexity index is 1330. The van der Waals surface area contributed by atoms with Crippen LogP contribution in [0, 0.1) is 17.2 Å². The van der Waals surface area contributed by atoms with E-state index in [9.17, 15) is 18.0 Å². The lowest BCUT2D eigenvalue weighted by Gasteiger charge is -2.51. The molecule has 0 radical (unpaired) electrons. The number of nitriles is 1. The lowest BCUT2D eigenvalue weighted by Crippen LogP contribution is -2.60. The van der Waals surface area contributed by atoms with Crippen LogP contribution < -0.4 is 0 Å². The highest BCUT2D eigenvalue weighted by Crippen LogP contribution is 2.43. The van der Waals surface area contributed by atoms with Crippen molar-refractivity contribution in [3.05, 3.63) is 43.1 Å². The molecule has 5 rings (SSSR count). The minimum atomic E-state index is -4.43. The summed E-state index contributed by atoms with van der Waals surface area (Å²) in [7, 11) is 1.17. The Hall–Kier alpha value is -3.92. The van der Waals surface area contributed by atoms with Gasteiger partial charge in [-0.2, -0.15) is 23.5 Å². The molecular formula is C24H26F3N9O. The van der Waals surface area contributed by atoms with E-state index in [1.165, 1.54) is 24.4 Å². The van der Waals surface area contributed by atoms with Gasteiger partial charge in [0, 0.05) is 74.6 Å². The Morgan fingerprint density at radius 3 is 2.78 bits per heavy atom. The molecule has 3 aromatic rings. The van der Waals surface area contributed by atoms with Crippen molar-refractivity contribution in [2.45, 2.75) is 24.7 Å². The van der Waals surface area contributed by atoms with Crippen molar-refractivity contribution in [3.63, 3.8) is 0 Å². The Labute approximate surface area is 211 Å². The van der Waals surface area contributed by atoms with E-state index in [1.54, 1.807) is 6.20 Å². The van der Waals surface area contributed by atoms with Gasteiger partial charge in [-0.25, -0.2) is 14.8 Å². The summed E-state index contributed by atoms with van der Waals surface area (Å²) in [5.74, 6) is 0.0280. The highest BCUT2D eigenvalue weighted by Gasteiger charge is 2.45. The zero-order valence-electron chi connectivity index (χ0n) is 20.1. The van der Waals surface area contributed by atoms with Crippen molar-refractivity contribution in [1.82, 2.24) is 39.4 Å². The topological polar surface area (TPSA) is 110 Å². The fourth-order valence-corrected chi connectivity index (χ4v) is 5.28. The number of fused-ring (bicyclic) bond motifs is 1. The molecule has 3 atom stereocenters. The number of aromatic nitrogens is 5. The van der Waals surface area contributed by atoms with Gasteiger partial charge in [-0.05, 0) is 12.5 Å². The third kappa shape index (κ3) is 5.01. The number of alkyl halides is 3. The minimum absolute atomic E-state index is 0.0280. The standard InChI is InChI=1S/C24H26F3N9O/c1-33(14-24(25,26)27)23(37)35-9-7-34(8-10-35)19-11-20(17(19)3-2-5-28)36-13-16(12-32-36)21-18-4-6-29-22(18)31-15-30-21/h2-4,6,12-13,15,17,19-20H,7-11,14H2,1H3,(H,29,30,31). The van der Waals surface area contributed by atoms with Gasteiger partial charge in [0.15, 0.2) is 0 Å². The molecule has 1 aliphatic heterocycles. The number of H-pyrrole nitrogens is 1. The first-order chi connectivity index (χ1) is 17.7. The molecule has 2 fully saturated rings. The number of allylic oxidation sites excluding steroid dienone is 1. The summed E-state index contributed by atoms with van der Waals surface area (Å²) in [6, 6.07) is 3.56. The number of hydrogen-bond donors (Lipinski definition) is 1. The maximum atomic E-state index is 12.7. The van der Waals surface area contributed by atoms with Gasteiger partial charge in [-0.3, -0.25) is 9.58 Å². The average Bonchev–Trinajstić information content (AvgIpc) is 3.52. The number of carbonyl (C=O) groups is 1. The van der Waals surface area contributed by atoms with Crippen LogP contribution in [0.15, 0.2) is 43.1 Å². The molecular weight excluding hydrogens is 487 g/mol. The predicted molar refractivity (Wildman–Crippen MR) is 128 cm³/mol. The van der Waals surface area contributed by atoms with Gasteiger partial charge in [0.25, 0.3) is 0 Å². The number of halogens is 3. The smallest absolute Gasteiger partial charge is 0.346 e. The van der Waals surface area contributed by atoms with Gasteiger partial charge in [0.1, 0.15) is 18.5 Å². The fraction of sp³-hybridized carbons (Fsp3) is 0.458. The molecule has 2 amide bonds. The number of nitrogens with zero attached hydrogens (tertiary/aromatic N) is 8. The zero-order chi connectivity index (χ0) is 26.2. The van der Waals surface area contributed by atoms with Gasteiger partial charge in [0.2, 0.25) is 0 Å². The molecule has 2 aliphatic rings. The number of hydrogen-bond acceptors (Lipinski definition) is 6. The molecule has 37 heavy (non-hydrogen) atoms. The maximum Gasteiger partial charge on any atom is 0.406 e. The van der Waals surface area contributed by atoms with Crippen LogP contribution in [0.2, 0.25) is 0 Å². The molecule has 13 heteroatoms. The first-order valence-electron chi connectivity index (χ1n) is 11.9. The molecule has 4 heterocycles. The summed E-state index contributed by atoms with van der Waals surface area (Å²) in [5, 5.41) is 14.6. The van der Waals surface area contributed by atoms with Crippen LogP contribution in [0.4, 0.5) is 18.0 Å². The lowest BCUT2D eigenvalue weighted by atomic mass is 9.73. The molecule has 3 aromatic heterocycles. The van der Waals surface area contributed by atoms with Crippen LogP contribution in [-0.4, -0.2) is 97.5 Å². The quantitative estimate of drug-likeness (QED) is 0.525. The van der Waals surface area contributed by atoms with E-state index < -0.39 is 18.8 Å². The third-order valence-electron chi connectivity index (χ3n) is 7.13. The molecule has 1 aliphatic carbocycles. The highest BCUT2D eigenvalue weighted by molar-refractivity contribution is 5.90. The summed E-state index contributed by atoms with van der Waals surface area (Å²) < 4.78 is 39.9. The van der Waals surface area contributed by atoms with Crippen LogP contribution in [-0.2, 0) is 0 Å². The molecule has 0 aromatic carbocycles. The van der Waals surface area contributed by atoms with E-state index in [-0.39, 0.29) is 18.0 Å². The summed E-state index contributed by atoms with van der Waals surface area (Å²) in [6.45, 7) is 0.535. The Morgan fingerprint density at radius 2 is 2.05 bits per heavy atom. The van der Waals surface area contributed by atoms with Gasteiger partial charge < -0.3 is 14.8 Å². The molecule has 10 nitrogen and oxygen atoms in total. The van der Waals surface area contributed by atoms with E-state index in [0.717, 1.165) is 28.7 Å². The molecule has 0 bridgehead atoms. The average molecular weight is 514 g/mol. The second-order valence-corrected chi connectivity index (χ2v) is 9.38. The highest BCUT2D eigenvalue weighted by atomic mass is 19.4. The molecule has 1 N–H and O–H groups in total. The Morgan fingerprint density at radius 1 is 1.27 bits per heavy atom. The van der Waals surface area contributed by atoms with Crippen LogP contribution >= 0.6 is 0 Å². The van der Waals surface area contributed by atoms with Crippen molar-refractivity contribution in [3.8, 4) is 17.3 Å². The summed E-state index contributed by atoms with van der Waals surface area (Å²) in [4.78, 5) is 28.6. The van der Waals surface area contributed by atoms with E-state index >= 15 is 0 Å². The Kier molecular flexibility index (Phi) is 6.59. The van der Waals surface area contributed by atoms with Crippen LogP contribution in [0.1, 0.15) is 12.5 Å². The Balaban J connectivity index is 1.25. The largest absolute Gasteiger partial charge is 0.406 e. The fourth-order valence-electron chi connectivity index (χ4n) is 5.28. The van der Waals surface area contributed by atoms with Crippen LogP contribution in [0.3, 0.4) is 0 Å². The third-order valence-corrected chi connectivity index (χ3v) is 7.13. The number of urea groups is 1. The minimum Gasteiger partial charge on any atom is -0.346 e. The van der Waals surface area contributed by atoms with Crippen LogP contribution in [0.25, 0.3) is 22.3 Å². The number of aromatic amines is 1. The molecule has 1 saturated heterocycles. The zero-order valence-corrected chi connectivity index (χ0v) is 20.1. The predicted octanol–water partition coefficient (Wildman–Crippen LogP) is 3.06. The van der Waals surface area contributed by atoms with Gasteiger partial charge in [-0.15, -0.1) is 0 Å². The van der Waals surface area contributed by atoms with Gasteiger partial charge in [0.05, 0.1) is 24.0 Å². The van der Waals surface area contributed by atoms with Crippen molar-refractivity contribution in [1.29, 1.82) is 5.26 Å². The molecule has 1 saturated carbocycles. The summed E-state index contributed by atoms with van der Waals surface area (Å²) in [6.07, 6.45) is 6.79. The monoisotopic (exact) mass is 513 g/mol. The lowest BCUT2D eigenvalue weighted by molar-refractivity contribution is -0.138. The molecule has 0 spiro atoms. The van der Waals surface area contributed by atoms with Crippen molar-refractivity contribution >= 4 is 17.1 Å². The number of nitrogens with one attached hydrogen (secondary N) is 1. The van der Waals surface area contributed by atoms with E-state index in [0.29, 0.717) is 31.1 Å². The number of rotatable bonds is 5. The summed E-state index contributed by atoms with van der Waals surface area (Å²) >= 11 is 0. The normalized spacial score (nSPS) is 22.8. The number of amides is 2. The second-order valence-electron chi connectivity index (χ2n) is 9.38. The number of piperazine rings is 1. The molecule has 194 valence electrons. The van der Waals surface area contributed by atoms with Crippen molar-refractivity contribution < 1.29 is 18.0 Å². The van der Waals surface area contributed by atoms with E-state index in [2.05, 4.69) is 31.0 Å². The number of carbonyl (C=O) groups excluding carboxylic acids is 1. The van der Waals surface area contributed by atoms with Crippen LogP contribution in [0.5, 0.6) is 0 Å². The van der Waals surface area contributed by atoms with E-state index in [1.807, 2.05) is 29.2 Å².